The first-order valence-electron chi connectivity index (χ1n) is 8.84. The Balaban J connectivity index is 1.80. The maximum absolute atomic E-state index is 12.8. The molecule has 1 aliphatic heterocycles. The Morgan fingerprint density at radius 2 is 1.86 bits per heavy atom. The third-order valence-electron chi connectivity index (χ3n) is 4.11. The molecule has 0 bridgehead atoms. The molecular weight excluding hydrogens is 390 g/mol. The first-order chi connectivity index (χ1) is 14.0. The van der Waals surface area contributed by atoms with Gasteiger partial charge in [-0.05, 0) is 24.3 Å². The third-order valence-corrected chi connectivity index (χ3v) is 5.29. The summed E-state index contributed by atoms with van der Waals surface area (Å²) in [5, 5.41) is 11.8. The molecule has 2 amide bonds. The van der Waals surface area contributed by atoms with Crippen LogP contribution in [0.4, 0.5) is 11.4 Å². The van der Waals surface area contributed by atoms with Crippen LogP contribution in [-0.2, 0) is 9.59 Å². The molecule has 1 saturated heterocycles. The Hall–Kier alpha value is -3.39. The number of amides is 2. The van der Waals surface area contributed by atoms with E-state index in [2.05, 4.69) is 16.9 Å². The van der Waals surface area contributed by atoms with Crippen molar-refractivity contribution in [3.63, 3.8) is 0 Å². The molecule has 1 aliphatic rings. The van der Waals surface area contributed by atoms with E-state index in [-0.39, 0.29) is 36.0 Å². The van der Waals surface area contributed by atoms with Crippen molar-refractivity contribution < 1.29 is 19.5 Å². The highest BCUT2D eigenvalue weighted by Gasteiger charge is 2.38. The van der Waals surface area contributed by atoms with E-state index in [1.165, 1.54) is 11.0 Å². The van der Waals surface area contributed by atoms with E-state index >= 15 is 0 Å². The fraction of sp³-hybridized carbons (Fsp3) is 0.143. The number of carboxylic acid groups (broad SMARTS) is 1. The number of anilines is 1. The largest absolute Gasteiger partial charge is 0.478 e. The molecule has 7 nitrogen and oxygen atoms in total. The standard InChI is InChI=1S/C21H19N3O4S/c1-2-12-24-19(26)17(13-18(25)22-14-8-4-3-5-9-14)29-21(24)23-16-11-7-6-10-15(16)20(27)28/h2-11,17H,1,12-13H2,(H,22,25)(H,27,28)/t17-/m1/s1. The zero-order valence-corrected chi connectivity index (χ0v) is 16.3. The molecule has 0 radical (unpaired) electrons. The fourth-order valence-electron chi connectivity index (χ4n) is 2.78. The SMILES string of the molecule is C=CCN1C(=O)[C@@H](CC(=O)Nc2ccccc2)SC1=Nc1ccccc1C(=O)O. The molecule has 2 aromatic carbocycles. The molecule has 8 heteroatoms. The Kier molecular flexibility index (Phi) is 6.46. The minimum atomic E-state index is -1.10. The predicted octanol–water partition coefficient (Wildman–Crippen LogP) is 3.53. The molecule has 1 atom stereocenters. The lowest BCUT2D eigenvalue weighted by atomic mass is 10.2. The first-order valence-corrected chi connectivity index (χ1v) is 9.72. The number of amidine groups is 1. The number of carbonyl (C=O) groups is 3. The van der Waals surface area contributed by atoms with Crippen molar-refractivity contribution in [2.24, 2.45) is 4.99 Å². The van der Waals surface area contributed by atoms with Crippen LogP contribution in [0, 0.1) is 0 Å². The number of carbonyl (C=O) groups excluding carboxylic acids is 2. The number of thioether (sulfide) groups is 1. The molecule has 2 N–H and O–H groups in total. The van der Waals surface area contributed by atoms with Gasteiger partial charge in [-0.3, -0.25) is 14.5 Å². The average molecular weight is 409 g/mol. The zero-order chi connectivity index (χ0) is 20.8. The maximum atomic E-state index is 12.8. The highest BCUT2D eigenvalue weighted by atomic mass is 32.2. The summed E-state index contributed by atoms with van der Waals surface area (Å²) in [5.41, 5.74) is 0.941. The molecule has 0 aromatic heterocycles. The van der Waals surface area contributed by atoms with E-state index in [1.807, 2.05) is 18.2 Å². The molecule has 29 heavy (non-hydrogen) atoms. The van der Waals surface area contributed by atoms with Crippen molar-refractivity contribution in [1.29, 1.82) is 0 Å². The summed E-state index contributed by atoms with van der Waals surface area (Å²) in [6, 6.07) is 15.3. The van der Waals surface area contributed by atoms with Gasteiger partial charge in [-0.1, -0.05) is 48.2 Å². The minimum absolute atomic E-state index is 0.0222. The van der Waals surface area contributed by atoms with Crippen LogP contribution in [0.25, 0.3) is 0 Å². The number of nitrogens with zero attached hydrogens (tertiary/aromatic N) is 2. The Labute approximate surface area is 172 Å². The normalized spacial score (nSPS) is 17.4. The van der Waals surface area contributed by atoms with Crippen molar-refractivity contribution in [2.75, 3.05) is 11.9 Å². The van der Waals surface area contributed by atoms with Crippen LogP contribution in [0.15, 0.2) is 72.2 Å². The van der Waals surface area contributed by atoms with E-state index in [0.717, 1.165) is 11.8 Å². The van der Waals surface area contributed by atoms with Gasteiger partial charge in [0.25, 0.3) is 0 Å². The Bertz CT molecular complexity index is 975. The number of aliphatic imine (C=N–C) groups is 1. The highest BCUT2D eigenvalue weighted by molar-refractivity contribution is 8.15. The summed E-state index contributed by atoms with van der Waals surface area (Å²) < 4.78 is 0. The van der Waals surface area contributed by atoms with Crippen molar-refractivity contribution in [3.05, 3.63) is 72.8 Å². The van der Waals surface area contributed by atoms with Crippen LogP contribution in [0.1, 0.15) is 16.8 Å². The second-order valence-corrected chi connectivity index (χ2v) is 7.35. The number of rotatable bonds is 7. The molecule has 1 fully saturated rings. The quantitative estimate of drug-likeness (QED) is 0.682. The Morgan fingerprint density at radius 3 is 2.55 bits per heavy atom. The van der Waals surface area contributed by atoms with Gasteiger partial charge in [0.2, 0.25) is 11.8 Å². The lowest BCUT2D eigenvalue weighted by Gasteiger charge is -2.14. The molecule has 1 heterocycles. The van der Waals surface area contributed by atoms with E-state index in [4.69, 9.17) is 0 Å². The molecule has 0 unspecified atom stereocenters. The summed E-state index contributed by atoms with van der Waals surface area (Å²) in [4.78, 5) is 42.4. The molecule has 0 aliphatic carbocycles. The summed E-state index contributed by atoms with van der Waals surface area (Å²) in [7, 11) is 0. The number of nitrogens with one attached hydrogen (secondary N) is 1. The first kappa shape index (κ1) is 20.3. The van der Waals surface area contributed by atoms with Crippen molar-refractivity contribution >= 4 is 46.1 Å². The van der Waals surface area contributed by atoms with Gasteiger partial charge in [-0.15, -0.1) is 6.58 Å². The topological polar surface area (TPSA) is 99.1 Å². The van der Waals surface area contributed by atoms with E-state index in [0.29, 0.717) is 10.9 Å². The number of benzene rings is 2. The molecular formula is C21H19N3O4S. The molecule has 0 saturated carbocycles. The van der Waals surface area contributed by atoms with Gasteiger partial charge in [-0.25, -0.2) is 9.79 Å². The van der Waals surface area contributed by atoms with Crippen molar-refractivity contribution in [2.45, 2.75) is 11.7 Å². The van der Waals surface area contributed by atoms with Crippen LogP contribution < -0.4 is 5.32 Å². The lowest BCUT2D eigenvalue weighted by Crippen LogP contribution is -2.33. The summed E-state index contributed by atoms with van der Waals surface area (Å²) >= 11 is 1.15. The van der Waals surface area contributed by atoms with Gasteiger partial charge >= 0.3 is 5.97 Å². The van der Waals surface area contributed by atoms with Crippen LogP contribution >= 0.6 is 11.8 Å². The number of aromatic carboxylic acids is 1. The number of hydrogen-bond acceptors (Lipinski definition) is 5. The second-order valence-electron chi connectivity index (χ2n) is 6.18. The van der Waals surface area contributed by atoms with Crippen molar-refractivity contribution in [1.82, 2.24) is 4.90 Å². The fourth-order valence-corrected chi connectivity index (χ4v) is 3.94. The van der Waals surface area contributed by atoms with Gasteiger partial charge in [0.15, 0.2) is 5.17 Å². The third kappa shape index (κ3) is 4.91. The molecule has 148 valence electrons. The van der Waals surface area contributed by atoms with Crippen LogP contribution in [0.2, 0.25) is 0 Å². The predicted molar refractivity (Wildman–Crippen MR) is 113 cm³/mol. The molecule has 2 aromatic rings. The Morgan fingerprint density at radius 1 is 1.17 bits per heavy atom. The summed E-state index contributed by atoms with van der Waals surface area (Å²) in [6.07, 6.45) is 1.54. The number of para-hydroxylation sites is 2. The monoisotopic (exact) mass is 409 g/mol. The van der Waals surface area contributed by atoms with Gasteiger partial charge in [0.05, 0.1) is 11.3 Å². The van der Waals surface area contributed by atoms with Crippen molar-refractivity contribution in [3.8, 4) is 0 Å². The van der Waals surface area contributed by atoms with E-state index in [9.17, 15) is 19.5 Å². The number of carboxylic acids is 1. The van der Waals surface area contributed by atoms with Gasteiger partial charge in [0, 0.05) is 18.7 Å². The average Bonchev–Trinajstić information content (AvgIpc) is 2.98. The number of hydrogen-bond donors (Lipinski definition) is 2. The van der Waals surface area contributed by atoms with Crippen LogP contribution in [0.3, 0.4) is 0 Å². The van der Waals surface area contributed by atoms with Crippen LogP contribution in [-0.4, -0.2) is 44.8 Å². The van der Waals surface area contributed by atoms with Gasteiger partial charge < -0.3 is 10.4 Å². The molecule has 3 rings (SSSR count). The zero-order valence-electron chi connectivity index (χ0n) is 15.4. The molecule has 0 spiro atoms. The summed E-state index contributed by atoms with van der Waals surface area (Å²) in [5.74, 6) is -1.65. The highest BCUT2D eigenvalue weighted by Crippen LogP contribution is 2.32. The van der Waals surface area contributed by atoms with E-state index in [1.54, 1.807) is 36.4 Å². The maximum Gasteiger partial charge on any atom is 0.337 e. The second kappa shape index (κ2) is 9.20. The van der Waals surface area contributed by atoms with Gasteiger partial charge in [0.1, 0.15) is 5.25 Å². The summed E-state index contributed by atoms with van der Waals surface area (Å²) in [6.45, 7) is 3.88. The van der Waals surface area contributed by atoms with E-state index < -0.39 is 11.2 Å². The van der Waals surface area contributed by atoms with Gasteiger partial charge in [-0.2, -0.15) is 0 Å². The smallest absolute Gasteiger partial charge is 0.337 e. The minimum Gasteiger partial charge on any atom is -0.478 e. The van der Waals surface area contributed by atoms with Crippen LogP contribution in [0.5, 0.6) is 0 Å². The lowest BCUT2D eigenvalue weighted by molar-refractivity contribution is -0.127.